The smallest absolute Gasteiger partial charge is 0.220 e. The van der Waals surface area contributed by atoms with Crippen molar-refractivity contribution in [3.63, 3.8) is 0 Å². The van der Waals surface area contributed by atoms with Gasteiger partial charge in [0, 0.05) is 29.2 Å². The van der Waals surface area contributed by atoms with Crippen LogP contribution in [0.2, 0.25) is 5.02 Å². The van der Waals surface area contributed by atoms with Crippen LogP contribution in [0.1, 0.15) is 18.4 Å². The fourth-order valence-electron chi connectivity index (χ4n) is 2.69. The first-order valence-corrected chi connectivity index (χ1v) is 9.69. The van der Waals surface area contributed by atoms with Crippen LogP contribution in [0.5, 0.6) is 5.75 Å². The summed E-state index contributed by atoms with van der Waals surface area (Å²) >= 11 is 9.44. The summed E-state index contributed by atoms with van der Waals surface area (Å²) in [5.41, 5.74) is 2.33. The Morgan fingerprint density at radius 3 is 2.92 bits per heavy atom. The van der Waals surface area contributed by atoms with Crippen molar-refractivity contribution in [3.05, 3.63) is 63.7 Å². The highest BCUT2D eigenvalue weighted by molar-refractivity contribution is 9.10. The van der Waals surface area contributed by atoms with Crippen LogP contribution in [0.25, 0.3) is 10.9 Å². The lowest BCUT2D eigenvalue weighted by atomic mass is 10.1. The highest BCUT2D eigenvalue weighted by atomic mass is 79.9. The number of carbonyl (C=O) groups is 1. The average molecular weight is 436 g/mol. The van der Waals surface area contributed by atoms with Gasteiger partial charge in [-0.2, -0.15) is 0 Å². The zero-order valence-electron chi connectivity index (χ0n) is 14.2. The summed E-state index contributed by atoms with van der Waals surface area (Å²) < 4.78 is 6.52. The van der Waals surface area contributed by atoms with Crippen LogP contribution in [0, 0.1) is 0 Å². The third-order valence-electron chi connectivity index (χ3n) is 4.05. The largest absolute Gasteiger partial charge is 0.492 e. The molecule has 1 heterocycles. The SMILES string of the molecule is O=C(CCCOc1ccc(Br)cc1Cl)NCCc1ccc2cc[nH]c2c1. The zero-order chi connectivity index (χ0) is 18.4. The molecule has 0 unspecified atom stereocenters. The van der Waals surface area contributed by atoms with Gasteiger partial charge >= 0.3 is 0 Å². The maximum absolute atomic E-state index is 11.9. The number of hydrogen-bond acceptors (Lipinski definition) is 2. The second-order valence-electron chi connectivity index (χ2n) is 6.03. The van der Waals surface area contributed by atoms with Crippen LogP contribution in [-0.2, 0) is 11.2 Å². The summed E-state index contributed by atoms with van der Waals surface area (Å²) in [5.74, 6) is 0.673. The molecule has 0 spiro atoms. The first-order valence-electron chi connectivity index (χ1n) is 8.52. The van der Waals surface area contributed by atoms with Gasteiger partial charge in [-0.25, -0.2) is 0 Å². The number of carbonyl (C=O) groups excluding carboxylic acids is 1. The lowest BCUT2D eigenvalue weighted by molar-refractivity contribution is -0.121. The Kier molecular flexibility index (Phi) is 6.58. The predicted molar refractivity (Wildman–Crippen MR) is 109 cm³/mol. The molecule has 0 fully saturated rings. The number of amides is 1. The molecule has 136 valence electrons. The topological polar surface area (TPSA) is 54.1 Å². The first kappa shape index (κ1) is 18.8. The second kappa shape index (κ2) is 9.10. The van der Waals surface area contributed by atoms with Gasteiger partial charge in [0.2, 0.25) is 5.91 Å². The fourth-order valence-corrected chi connectivity index (χ4v) is 3.42. The van der Waals surface area contributed by atoms with E-state index in [9.17, 15) is 4.79 Å². The van der Waals surface area contributed by atoms with Crippen molar-refractivity contribution in [2.24, 2.45) is 0 Å². The first-order chi connectivity index (χ1) is 12.6. The predicted octanol–water partition coefficient (Wildman–Crippen LogP) is 5.10. The summed E-state index contributed by atoms with van der Waals surface area (Å²) in [4.78, 5) is 15.1. The van der Waals surface area contributed by atoms with Crippen molar-refractivity contribution < 1.29 is 9.53 Å². The van der Waals surface area contributed by atoms with E-state index in [1.54, 1.807) is 6.07 Å². The number of fused-ring (bicyclic) bond motifs is 1. The maximum Gasteiger partial charge on any atom is 0.220 e. The van der Waals surface area contributed by atoms with Crippen molar-refractivity contribution in [2.75, 3.05) is 13.2 Å². The molecule has 6 heteroatoms. The highest BCUT2D eigenvalue weighted by Gasteiger charge is 2.05. The van der Waals surface area contributed by atoms with E-state index in [-0.39, 0.29) is 5.91 Å². The minimum Gasteiger partial charge on any atom is -0.492 e. The van der Waals surface area contributed by atoms with Crippen LogP contribution in [0.3, 0.4) is 0 Å². The van der Waals surface area contributed by atoms with E-state index in [1.807, 2.05) is 24.4 Å². The number of nitrogens with one attached hydrogen (secondary N) is 2. The molecule has 2 aromatic carbocycles. The molecule has 0 aliphatic rings. The number of aromatic nitrogens is 1. The van der Waals surface area contributed by atoms with Gasteiger partial charge in [-0.1, -0.05) is 39.7 Å². The van der Waals surface area contributed by atoms with Crippen LogP contribution >= 0.6 is 27.5 Å². The normalized spacial score (nSPS) is 10.8. The third-order valence-corrected chi connectivity index (χ3v) is 4.84. The van der Waals surface area contributed by atoms with E-state index >= 15 is 0 Å². The molecular formula is C20H20BrClN2O2. The summed E-state index contributed by atoms with van der Waals surface area (Å²) in [6, 6.07) is 13.8. The third kappa shape index (κ3) is 5.26. The maximum atomic E-state index is 11.9. The van der Waals surface area contributed by atoms with Gasteiger partial charge in [-0.3, -0.25) is 4.79 Å². The molecule has 1 amide bonds. The molecule has 0 bridgehead atoms. The molecule has 0 aliphatic heterocycles. The van der Waals surface area contributed by atoms with Gasteiger partial charge in [0.05, 0.1) is 11.6 Å². The monoisotopic (exact) mass is 434 g/mol. The van der Waals surface area contributed by atoms with Crippen LogP contribution < -0.4 is 10.1 Å². The summed E-state index contributed by atoms with van der Waals surface area (Å²) in [5, 5.41) is 4.71. The van der Waals surface area contributed by atoms with Crippen LogP contribution in [-0.4, -0.2) is 24.0 Å². The Morgan fingerprint density at radius 1 is 1.19 bits per heavy atom. The van der Waals surface area contributed by atoms with E-state index in [2.05, 4.69) is 44.4 Å². The van der Waals surface area contributed by atoms with E-state index in [1.165, 1.54) is 10.9 Å². The van der Waals surface area contributed by atoms with Gasteiger partial charge in [0.15, 0.2) is 0 Å². The lowest BCUT2D eigenvalue weighted by Gasteiger charge is -2.09. The molecule has 3 rings (SSSR count). The molecule has 3 aromatic rings. The quantitative estimate of drug-likeness (QED) is 0.484. The molecule has 0 saturated heterocycles. The Bertz CT molecular complexity index is 894. The molecule has 0 saturated carbocycles. The molecular weight excluding hydrogens is 416 g/mol. The van der Waals surface area contributed by atoms with E-state index in [4.69, 9.17) is 16.3 Å². The van der Waals surface area contributed by atoms with Gasteiger partial charge < -0.3 is 15.0 Å². The van der Waals surface area contributed by atoms with Crippen molar-refractivity contribution in [1.82, 2.24) is 10.3 Å². The minimum atomic E-state index is 0.0384. The Morgan fingerprint density at radius 2 is 2.08 bits per heavy atom. The number of rotatable bonds is 8. The van der Waals surface area contributed by atoms with Crippen molar-refractivity contribution in [3.8, 4) is 5.75 Å². The van der Waals surface area contributed by atoms with E-state index in [0.717, 1.165) is 16.4 Å². The molecule has 26 heavy (non-hydrogen) atoms. The summed E-state index contributed by atoms with van der Waals surface area (Å²) in [6.07, 6.45) is 3.82. The number of benzene rings is 2. The molecule has 0 radical (unpaired) electrons. The number of halogens is 2. The van der Waals surface area contributed by atoms with E-state index < -0.39 is 0 Å². The Balaban J connectivity index is 1.33. The molecule has 4 nitrogen and oxygen atoms in total. The van der Waals surface area contributed by atoms with Gasteiger partial charge in [0.1, 0.15) is 5.75 Å². The number of ether oxygens (including phenoxy) is 1. The molecule has 0 atom stereocenters. The second-order valence-corrected chi connectivity index (χ2v) is 7.35. The standard InChI is InChI=1S/C20H20BrClN2O2/c21-16-5-6-19(17(22)13-16)26-11-1-2-20(25)24-9-7-14-3-4-15-8-10-23-18(15)12-14/h3-6,8,10,12-13,23H,1-2,7,9,11H2,(H,24,25). The summed E-state index contributed by atoms with van der Waals surface area (Å²) in [6.45, 7) is 1.09. The zero-order valence-corrected chi connectivity index (χ0v) is 16.6. The van der Waals surface area contributed by atoms with Gasteiger partial charge in [-0.05, 0) is 54.1 Å². The number of aromatic amines is 1. The Labute approximate surface area is 166 Å². The molecule has 1 aromatic heterocycles. The van der Waals surface area contributed by atoms with Gasteiger partial charge in [0.25, 0.3) is 0 Å². The minimum absolute atomic E-state index is 0.0384. The molecule has 2 N–H and O–H groups in total. The fraction of sp³-hybridized carbons (Fsp3) is 0.250. The Hall–Kier alpha value is -1.98. The highest BCUT2D eigenvalue weighted by Crippen LogP contribution is 2.27. The van der Waals surface area contributed by atoms with Gasteiger partial charge in [-0.15, -0.1) is 0 Å². The molecule has 0 aliphatic carbocycles. The van der Waals surface area contributed by atoms with Crippen molar-refractivity contribution >= 4 is 44.3 Å². The number of hydrogen-bond donors (Lipinski definition) is 2. The van der Waals surface area contributed by atoms with Crippen LogP contribution in [0.4, 0.5) is 0 Å². The van der Waals surface area contributed by atoms with Crippen LogP contribution in [0.15, 0.2) is 53.1 Å². The number of H-pyrrole nitrogens is 1. The average Bonchev–Trinajstić information content (AvgIpc) is 3.08. The lowest BCUT2D eigenvalue weighted by Crippen LogP contribution is -2.25. The summed E-state index contributed by atoms with van der Waals surface area (Å²) in [7, 11) is 0. The van der Waals surface area contributed by atoms with Crippen molar-refractivity contribution in [1.29, 1.82) is 0 Å². The van der Waals surface area contributed by atoms with Crippen molar-refractivity contribution in [2.45, 2.75) is 19.3 Å². The van der Waals surface area contributed by atoms with E-state index in [0.29, 0.717) is 36.8 Å².